The minimum absolute atomic E-state index is 0.0747. The van der Waals surface area contributed by atoms with Gasteiger partial charge in [-0.1, -0.05) is 41.4 Å². The summed E-state index contributed by atoms with van der Waals surface area (Å²) < 4.78 is 13.1. The third-order valence-corrected chi connectivity index (χ3v) is 5.16. The molecule has 0 aliphatic rings. The molecule has 0 atom stereocenters. The van der Waals surface area contributed by atoms with E-state index in [4.69, 9.17) is 11.6 Å². The van der Waals surface area contributed by atoms with Crippen LogP contribution in [0.2, 0.25) is 5.02 Å². The highest BCUT2D eigenvalue weighted by molar-refractivity contribution is 7.15. The first-order valence-electron chi connectivity index (χ1n) is 7.70. The van der Waals surface area contributed by atoms with Crippen LogP contribution in [0.4, 0.5) is 9.52 Å². The number of halogens is 2. The zero-order valence-electron chi connectivity index (χ0n) is 13.8. The highest BCUT2D eigenvalue weighted by Crippen LogP contribution is 2.26. The molecule has 1 aromatic heterocycles. The van der Waals surface area contributed by atoms with Crippen LogP contribution < -0.4 is 5.32 Å². The van der Waals surface area contributed by atoms with Gasteiger partial charge in [-0.2, -0.15) is 0 Å². The molecule has 0 spiro atoms. The molecule has 0 saturated carbocycles. The monoisotopic (exact) mass is 374 g/mol. The first kappa shape index (κ1) is 17.6. The zero-order valence-corrected chi connectivity index (χ0v) is 15.3. The van der Waals surface area contributed by atoms with Crippen molar-refractivity contribution in [3.63, 3.8) is 0 Å². The third-order valence-electron chi connectivity index (χ3n) is 3.77. The highest BCUT2D eigenvalue weighted by atomic mass is 35.5. The lowest BCUT2D eigenvalue weighted by Gasteiger charge is -2.04. The second-order valence-electron chi connectivity index (χ2n) is 5.77. The zero-order chi connectivity index (χ0) is 18.0. The third kappa shape index (κ3) is 4.24. The maximum atomic E-state index is 13.1. The van der Waals surface area contributed by atoms with Gasteiger partial charge in [0.2, 0.25) is 0 Å². The maximum absolute atomic E-state index is 13.1. The molecule has 128 valence electrons. The molecule has 3 nitrogen and oxygen atoms in total. The minimum atomic E-state index is -0.480. The molecule has 1 heterocycles. The second-order valence-corrected chi connectivity index (χ2v) is 7.26. The quantitative estimate of drug-likeness (QED) is 0.664. The van der Waals surface area contributed by atoms with Crippen LogP contribution in [0.5, 0.6) is 0 Å². The van der Waals surface area contributed by atoms with E-state index in [9.17, 15) is 9.18 Å². The summed E-state index contributed by atoms with van der Waals surface area (Å²) in [7, 11) is 0. The highest BCUT2D eigenvalue weighted by Gasteiger charge is 2.15. The number of anilines is 1. The molecular weight excluding hydrogens is 359 g/mol. The summed E-state index contributed by atoms with van der Waals surface area (Å²) in [5, 5.41) is 3.32. The molecule has 2 aromatic carbocycles. The summed E-state index contributed by atoms with van der Waals surface area (Å²) >= 11 is 7.36. The Kier molecular flexibility index (Phi) is 5.16. The molecule has 3 rings (SSSR count). The van der Waals surface area contributed by atoms with E-state index in [-0.39, 0.29) is 10.6 Å². The standard InChI is InChI=1S/C19H16ClFN2OS/c1-11-3-5-13(6-4-11)9-17-12(2)22-19(25-17)23-18(24)15-8-7-14(21)10-16(15)20/h3-8,10H,9H2,1-2H3,(H,22,23,24). The molecule has 6 heteroatoms. The number of hydrogen-bond donors (Lipinski definition) is 1. The lowest BCUT2D eigenvalue weighted by molar-refractivity contribution is 0.102. The smallest absolute Gasteiger partial charge is 0.258 e. The summed E-state index contributed by atoms with van der Waals surface area (Å²) in [6.07, 6.45) is 0.761. The number of thiazole rings is 1. The number of aromatic nitrogens is 1. The number of amides is 1. The molecule has 0 fully saturated rings. The Bertz CT molecular complexity index is 922. The van der Waals surface area contributed by atoms with E-state index in [1.165, 1.54) is 34.6 Å². The molecule has 25 heavy (non-hydrogen) atoms. The number of nitrogens with one attached hydrogen (secondary N) is 1. The van der Waals surface area contributed by atoms with E-state index in [2.05, 4.69) is 41.5 Å². The fourth-order valence-electron chi connectivity index (χ4n) is 2.37. The minimum Gasteiger partial charge on any atom is -0.298 e. The van der Waals surface area contributed by atoms with Crippen LogP contribution in [0.1, 0.15) is 32.1 Å². The average Bonchev–Trinajstić information content (AvgIpc) is 2.88. The first-order chi connectivity index (χ1) is 11.9. The summed E-state index contributed by atoms with van der Waals surface area (Å²) in [6, 6.07) is 12.0. The van der Waals surface area contributed by atoms with Crippen molar-refractivity contribution in [2.24, 2.45) is 0 Å². The van der Waals surface area contributed by atoms with Crippen LogP contribution in [-0.2, 0) is 6.42 Å². The van der Waals surface area contributed by atoms with E-state index in [1.807, 2.05) is 6.92 Å². The number of benzene rings is 2. The van der Waals surface area contributed by atoms with Crippen LogP contribution in [0.25, 0.3) is 0 Å². The van der Waals surface area contributed by atoms with E-state index in [0.29, 0.717) is 5.13 Å². The van der Waals surface area contributed by atoms with Gasteiger partial charge in [-0.25, -0.2) is 9.37 Å². The molecule has 3 aromatic rings. The van der Waals surface area contributed by atoms with Crippen molar-refractivity contribution in [3.05, 3.63) is 80.6 Å². The number of nitrogens with zero attached hydrogens (tertiary/aromatic N) is 1. The average molecular weight is 375 g/mol. The van der Waals surface area contributed by atoms with Crippen molar-refractivity contribution in [2.45, 2.75) is 20.3 Å². The lowest BCUT2D eigenvalue weighted by Crippen LogP contribution is -2.12. The predicted octanol–water partition coefficient (Wildman–Crippen LogP) is 5.40. The molecule has 0 bridgehead atoms. The van der Waals surface area contributed by atoms with Gasteiger partial charge < -0.3 is 0 Å². The van der Waals surface area contributed by atoms with Gasteiger partial charge in [0.15, 0.2) is 5.13 Å². The summed E-state index contributed by atoms with van der Waals surface area (Å²) in [5.41, 5.74) is 3.51. The largest absolute Gasteiger partial charge is 0.298 e. The van der Waals surface area contributed by atoms with E-state index >= 15 is 0 Å². The molecule has 0 aliphatic carbocycles. The van der Waals surface area contributed by atoms with Gasteiger partial charge >= 0.3 is 0 Å². The molecule has 1 N–H and O–H groups in total. The summed E-state index contributed by atoms with van der Waals surface area (Å²) in [5.74, 6) is -0.882. The number of aryl methyl sites for hydroxylation is 2. The van der Waals surface area contributed by atoms with E-state index < -0.39 is 11.7 Å². The topological polar surface area (TPSA) is 42.0 Å². The Hall–Kier alpha value is -2.24. The Morgan fingerprint density at radius 1 is 1.20 bits per heavy atom. The fourth-order valence-corrected chi connectivity index (χ4v) is 3.62. The molecule has 0 saturated heterocycles. The molecule has 0 aliphatic heterocycles. The summed E-state index contributed by atoms with van der Waals surface area (Å²) in [6.45, 7) is 3.97. The predicted molar refractivity (Wildman–Crippen MR) is 100 cm³/mol. The normalized spacial score (nSPS) is 10.7. The van der Waals surface area contributed by atoms with Crippen LogP contribution in [0, 0.1) is 19.7 Å². The van der Waals surface area contributed by atoms with Crippen molar-refractivity contribution in [1.82, 2.24) is 4.98 Å². The number of hydrogen-bond acceptors (Lipinski definition) is 3. The van der Waals surface area contributed by atoms with Crippen molar-refractivity contribution in [1.29, 1.82) is 0 Å². The van der Waals surface area contributed by atoms with Crippen molar-refractivity contribution in [3.8, 4) is 0 Å². The van der Waals surface area contributed by atoms with Gasteiger partial charge in [-0.3, -0.25) is 10.1 Å². The van der Waals surface area contributed by atoms with Gasteiger partial charge in [0.1, 0.15) is 5.82 Å². The first-order valence-corrected chi connectivity index (χ1v) is 8.90. The lowest BCUT2D eigenvalue weighted by atomic mass is 10.1. The van der Waals surface area contributed by atoms with Crippen molar-refractivity contribution in [2.75, 3.05) is 5.32 Å². The number of carbonyl (C=O) groups excluding carboxylic acids is 1. The van der Waals surface area contributed by atoms with Gasteiger partial charge in [0.25, 0.3) is 5.91 Å². The van der Waals surface area contributed by atoms with Crippen molar-refractivity contribution >= 4 is 34.0 Å². The SMILES string of the molecule is Cc1ccc(Cc2sc(NC(=O)c3ccc(F)cc3Cl)nc2C)cc1. The molecule has 0 radical (unpaired) electrons. The van der Waals surface area contributed by atoms with Crippen LogP contribution in [-0.4, -0.2) is 10.9 Å². The van der Waals surface area contributed by atoms with Gasteiger partial charge in [-0.15, -0.1) is 11.3 Å². The van der Waals surface area contributed by atoms with Gasteiger partial charge in [0, 0.05) is 11.3 Å². The van der Waals surface area contributed by atoms with Crippen LogP contribution in [0.3, 0.4) is 0 Å². The van der Waals surface area contributed by atoms with Crippen molar-refractivity contribution < 1.29 is 9.18 Å². The van der Waals surface area contributed by atoms with Crippen LogP contribution >= 0.6 is 22.9 Å². The summed E-state index contributed by atoms with van der Waals surface area (Å²) in [4.78, 5) is 17.8. The molecular formula is C19H16ClFN2OS. The Morgan fingerprint density at radius 3 is 2.60 bits per heavy atom. The Labute approximate surface area is 154 Å². The molecule has 0 unspecified atom stereocenters. The molecule has 1 amide bonds. The van der Waals surface area contributed by atoms with E-state index in [1.54, 1.807) is 0 Å². The number of carbonyl (C=O) groups is 1. The fraction of sp³-hybridized carbons (Fsp3) is 0.158. The Balaban J connectivity index is 1.75. The van der Waals surface area contributed by atoms with E-state index in [0.717, 1.165) is 23.1 Å². The maximum Gasteiger partial charge on any atom is 0.258 e. The van der Waals surface area contributed by atoms with Gasteiger partial charge in [0.05, 0.1) is 16.3 Å². The Morgan fingerprint density at radius 2 is 1.92 bits per heavy atom. The van der Waals surface area contributed by atoms with Gasteiger partial charge in [-0.05, 0) is 37.6 Å². The second kappa shape index (κ2) is 7.33. The van der Waals surface area contributed by atoms with Crippen LogP contribution in [0.15, 0.2) is 42.5 Å². The number of rotatable bonds is 4.